The third kappa shape index (κ3) is 5.00. The molecule has 0 saturated carbocycles. The van der Waals surface area contributed by atoms with Gasteiger partial charge in [-0.1, -0.05) is 57.1 Å². The molecule has 0 amide bonds. The van der Waals surface area contributed by atoms with Gasteiger partial charge in [0, 0.05) is 6.42 Å². The Kier molecular flexibility index (Phi) is 6.37. The quantitative estimate of drug-likeness (QED) is 0.455. The normalized spacial score (nSPS) is 14.3. The Morgan fingerprint density at radius 2 is 1.55 bits per heavy atom. The Balaban J connectivity index is 2.45. The number of allylic oxidation sites excluding steroid dienone is 2. The lowest BCUT2D eigenvalue weighted by molar-refractivity contribution is 1.04. The van der Waals surface area contributed by atoms with Gasteiger partial charge in [0.25, 0.3) is 0 Å². The summed E-state index contributed by atoms with van der Waals surface area (Å²) < 4.78 is 0. The summed E-state index contributed by atoms with van der Waals surface area (Å²) in [4.78, 5) is 0. The van der Waals surface area contributed by atoms with E-state index in [0.29, 0.717) is 0 Å². The van der Waals surface area contributed by atoms with Crippen LogP contribution in [0.5, 0.6) is 0 Å². The highest BCUT2D eigenvalue weighted by Crippen LogP contribution is 2.40. The fraction of sp³-hybridized carbons (Fsp3) is 0.667. The molecule has 0 aromatic carbocycles. The Morgan fingerprint density at radius 3 is 2.00 bits per heavy atom. The minimum Gasteiger partial charge on any atom is -0.117 e. The molecule has 1 aliphatic rings. The summed E-state index contributed by atoms with van der Waals surface area (Å²) in [7, 11) is -2.28. The first kappa shape index (κ1) is 17.3. The Morgan fingerprint density at radius 1 is 0.950 bits per heavy atom. The third-order valence-electron chi connectivity index (χ3n) is 4.66. The van der Waals surface area contributed by atoms with E-state index < -0.39 is 16.1 Å². The highest BCUT2D eigenvalue weighted by Gasteiger charge is 2.32. The molecule has 0 fully saturated rings. The zero-order chi connectivity index (χ0) is 15.2. The van der Waals surface area contributed by atoms with Crippen molar-refractivity contribution in [2.75, 3.05) is 0 Å². The fourth-order valence-corrected chi connectivity index (χ4v) is 6.99. The molecular formula is C18H30Si2. The standard InChI is InChI=1S/C18H30Si2/c1-7-20(8-2,9-3)15-13-11-10-12-14-17-16-18(17)19(4,5)6/h7-9,12,14,16H2,1-6H3. The molecule has 0 radical (unpaired) electrons. The first-order chi connectivity index (χ1) is 9.38. The monoisotopic (exact) mass is 302 g/mol. The predicted octanol–water partition coefficient (Wildman–Crippen LogP) is 5.40. The molecule has 0 bridgehead atoms. The second kappa shape index (κ2) is 7.34. The van der Waals surface area contributed by atoms with Gasteiger partial charge in [0.15, 0.2) is 0 Å². The van der Waals surface area contributed by atoms with Crippen LogP contribution in [-0.2, 0) is 0 Å². The maximum absolute atomic E-state index is 3.53. The molecule has 2 heteroatoms. The van der Waals surface area contributed by atoms with Gasteiger partial charge < -0.3 is 0 Å². The first-order valence-corrected chi connectivity index (χ1v) is 14.2. The maximum Gasteiger partial charge on any atom is 0.139 e. The van der Waals surface area contributed by atoms with Crippen LogP contribution in [0.15, 0.2) is 10.8 Å². The van der Waals surface area contributed by atoms with Crippen molar-refractivity contribution < 1.29 is 0 Å². The first-order valence-electron chi connectivity index (χ1n) is 8.10. The summed E-state index contributed by atoms with van der Waals surface area (Å²) in [6, 6.07) is 3.80. The van der Waals surface area contributed by atoms with E-state index in [4.69, 9.17) is 0 Å². The number of rotatable bonds is 6. The Labute approximate surface area is 128 Å². The molecule has 0 aromatic heterocycles. The highest BCUT2D eigenvalue weighted by molar-refractivity contribution is 6.87. The van der Waals surface area contributed by atoms with Crippen molar-refractivity contribution in [2.45, 2.75) is 77.8 Å². The highest BCUT2D eigenvalue weighted by atomic mass is 28.3. The Bertz CT molecular complexity index is 471. The van der Waals surface area contributed by atoms with Crippen LogP contribution in [0.1, 0.15) is 40.0 Å². The van der Waals surface area contributed by atoms with Crippen molar-refractivity contribution in [1.82, 2.24) is 0 Å². The SMILES string of the molecule is CC[Si](C#CC#CCCC1=C([Si](C)(C)C)C1)(CC)CC. The smallest absolute Gasteiger partial charge is 0.117 e. The molecule has 0 aromatic rings. The molecular weight excluding hydrogens is 272 g/mol. The minimum atomic E-state index is -1.29. The average Bonchev–Trinajstić information content (AvgIpc) is 3.18. The van der Waals surface area contributed by atoms with Crippen LogP contribution in [-0.4, -0.2) is 16.1 Å². The molecule has 0 nitrogen and oxygen atoms in total. The summed E-state index contributed by atoms with van der Waals surface area (Å²) in [6.45, 7) is 14.2. The van der Waals surface area contributed by atoms with E-state index >= 15 is 0 Å². The van der Waals surface area contributed by atoms with Crippen molar-refractivity contribution in [2.24, 2.45) is 0 Å². The van der Waals surface area contributed by atoms with Crippen LogP contribution < -0.4 is 0 Å². The summed E-state index contributed by atoms with van der Waals surface area (Å²) in [6.07, 6.45) is 3.49. The second-order valence-corrected chi connectivity index (χ2v) is 16.9. The zero-order valence-corrected chi connectivity index (χ0v) is 16.2. The van der Waals surface area contributed by atoms with E-state index in [-0.39, 0.29) is 0 Å². The average molecular weight is 303 g/mol. The van der Waals surface area contributed by atoms with Crippen LogP contribution in [0.2, 0.25) is 37.8 Å². The predicted molar refractivity (Wildman–Crippen MR) is 97.0 cm³/mol. The third-order valence-corrected chi connectivity index (χ3v) is 11.7. The van der Waals surface area contributed by atoms with Gasteiger partial charge in [-0.15, -0.1) is 5.54 Å². The molecule has 0 atom stereocenters. The van der Waals surface area contributed by atoms with E-state index in [1.807, 2.05) is 0 Å². The van der Waals surface area contributed by atoms with Gasteiger partial charge >= 0.3 is 0 Å². The molecule has 110 valence electrons. The van der Waals surface area contributed by atoms with Gasteiger partial charge in [-0.25, -0.2) is 0 Å². The van der Waals surface area contributed by atoms with Gasteiger partial charge in [-0.05, 0) is 42.8 Å². The fourth-order valence-electron chi connectivity index (χ4n) is 2.70. The molecule has 1 rings (SSSR count). The van der Waals surface area contributed by atoms with Gasteiger partial charge in [0.2, 0.25) is 0 Å². The van der Waals surface area contributed by atoms with E-state index in [1.54, 1.807) is 10.8 Å². The van der Waals surface area contributed by atoms with Crippen LogP contribution >= 0.6 is 0 Å². The van der Waals surface area contributed by atoms with E-state index in [2.05, 4.69) is 63.7 Å². The lowest BCUT2D eigenvalue weighted by Gasteiger charge is -2.19. The molecule has 0 saturated heterocycles. The van der Waals surface area contributed by atoms with E-state index in [1.165, 1.54) is 31.0 Å². The Hall–Kier alpha value is -0.706. The summed E-state index contributed by atoms with van der Waals surface area (Å²) in [5.41, 5.74) is 5.23. The van der Waals surface area contributed by atoms with Crippen molar-refractivity contribution in [1.29, 1.82) is 0 Å². The minimum absolute atomic E-state index is 0.993. The van der Waals surface area contributed by atoms with E-state index in [0.717, 1.165) is 6.42 Å². The van der Waals surface area contributed by atoms with Crippen LogP contribution in [0.3, 0.4) is 0 Å². The molecule has 0 aliphatic heterocycles. The lowest BCUT2D eigenvalue weighted by atomic mass is 10.2. The van der Waals surface area contributed by atoms with Crippen molar-refractivity contribution in [3.63, 3.8) is 0 Å². The number of hydrogen-bond donors (Lipinski definition) is 0. The van der Waals surface area contributed by atoms with Crippen LogP contribution in [0, 0.1) is 23.3 Å². The summed E-state index contributed by atoms with van der Waals surface area (Å²) in [5.74, 6) is 9.50. The second-order valence-electron chi connectivity index (χ2n) is 6.90. The zero-order valence-electron chi connectivity index (χ0n) is 14.2. The van der Waals surface area contributed by atoms with Crippen molar-refractivity contribution >= 4 is 16.1 Å². The van der Waals surface area contributed by atoms with Crippen molar-refractivity contribution in [3.05, 3.63) is 10.8 Å². The van der Waals surface area contributed by atoms with Gasteiger partial charge in [-0.3, -0.25) is 0 Å². The molecule has 0 heterocycles. The largest absolute Gasteiger partial charge is 0.139 e. The maximum atomic E-state index is 3.53. The van der Waals surface area contributed by atoms with Crippen LogP contribution in [0.25, 0.3) is 0 Å². The molecule has 0 spiro atoms. The van der Waals surface area contributed by atoms with Crippen molar-refractivity contribution in [3.8, 4) is 23.3 Å². The topological polar surface area (TPSA) is 0 Å². The summed E-state index contributed by atoms with van der Waals surface area (Å²) in [5, 5.41) is 1.79. The number of hydrogen-bond acceptors (Lipinski definition) is 0. The van der Waals surface area contributed by atoms with Gasteiger partial charge in [-0.2, -0.15) is 0 Å². The van der Waals surface area contributed by atoms with Gasteiger partial charge in [0.1, 0.15) is 8.07 Å². The summed E-state index contributed by atoms with van der Waals surface area (Å²) >= 11 is 0. The molecule has 20 heavy (non-hydrogen) atoms. The van der Waals surface area contributed by atoms with Crippen LogP contribution in [0.4, 0.5) is 0 Å². The molecule has 0 N–H and O–H groups in total. The van der Waals surface area contributed by atoms with E-state index in [9.17, 15) is 0 Å². The van der Waals surface area contributed by atoms with Gasteiger partial charge in [0.05, 0.1) is 8.07 Å². The molecule has 1 aliphatic carbocycles. The lowest BCUT2D eigenvalue weighted by Crippen LogP contribution is -2.29. The molecule has 0 unspecified atom stereocenters.